The smallest absolute Gasteiger partial charge is 0.274 e. The number of amides is 1. The van der Waals surface area contributed by atoms with Crippen molar-refractivity contribution in [2.24, 2.45) is 0 Å². The summed E-state index contributed by atoms with van der Waals surface area (Å²) in [6, 6.07) is 3.02. The molecule has 0 unspecified atom stereocenters. The van der Waals surface area contributed by atoms with Crippen LogP contribution < -0.4 is 4.90 Å². The molecule has 0 aliphatic carbocycles. The highest BCUT2D eigenvalue weighted by Crippen LogP contribution is 2.32. The van der Waals surface area contributed by atoms with Crippen molar-refractivity contribution in [2.75, 3.05) is 37.7 Å². The van der Waals surface area contributed by atoms with Gasteiger partial charge in [0.25, 0.3) is 5.92 Å². The van der Waals surface area contributed by atoms with Crippen LogP contribution in [0.3, 0.4) is 0 Å². The zero-order valence-corrected chi connectivity index (χ0v) is 12.6. The van der Waals surface area contributed by atoms with Gasteiger partial charge in [0, 0.05) is 44.4 Å². The number of hydrogen-bond acceptors (Lipinski definition) is 4. The van der Waals surface area contributed by atoms with E-state index in [9.17, 15) is 13.6 Å². The molecule has 0 bridgehead atoms. The summed E-state index contributed by atoms with van der Waals surface area (Å²) in [5, 5.41) is 8.83. The molecule has 1 saturated heterocycles. The first-order chi connectivity index (χ1) is 10.5. The van der Waals surface area contributed by atoms with E-state index in [4.69, 9.17) is 5.11 Å². The van der Waals surface area contributed by atoms with E-state index < -0.39 is 12.5 Å². The average molecular weight is 313 g/mol. The van der Waals surface area contributed by atoms with Crippen molar-refractivity contribution in [2.45, 2.75) is 25.7 Å². The quantitative estimate of drug-likeness (QED) is 0.897. The molecule has 1 aliphatic rings. The van der Waals surface area contributed by atoms with Crippen molar-refractivity contribution in [1.29, 1.82) is 0 Å². The Hall–Kier alpha value is -1.76. The highest BCUT2D eigenvalue weighted by Gasteiger charge is 2.31. The summed E-state index contributed by atoms with van der Waals surface area (Å²) < 4.78 is 27.6. The van der Waals surface area contributed by atoms with Crippen LogP contribution in [0.15, 0.2) is 18.3 Å². The average Bonchev–Trinajstić information content (AvgIpc) is 2.54. The number of halogens is 2. The number of rotatable bonds is 5. The van der Waals surface area contributed by atoms with Gasteiger partial charge in [0.05, 0.1) is 0 Å². The second-order valence-electron chi connectivity index (χ2n) is 5.39. The first-order valence-corrected chi connectivity index (χ1v) is 7.46. The van der Waals surface area contributed by atoms with Crippen LogP contribution in [0.5, 0.6) is 0 Å². The summed E-state index contributed by atoms with van der Waals surface area (Å²) >= 11 is 0. The van der Waals surface area contributed by atoms with Crippen molar-refractivity contribution in [1.82, 2.24) is 9.88 Å². The Morgan fingerprint density at radius 3 is 2.50 bits per heavy atom. The Kier molecular flexibility index (Phi) is 5.28. The van der Waals surface area contributed by atoms with Gasteiger partial charge in [0.2, 0.25) is 5.91 Å². The number of anilines is 1. The van der Waals surface area contributed by atoms with Crippen LogP contribution in [-0.4, -0.2) is 53.7 Å². The van der Waals surface area contributed by atoms with Crippen molar-refractivity contribution in [3.05, 3.63) is 23.9 Å². The van der Waals surface area contributed by atoms with Crippen molar-refractivity contribution in [3.8, 4) is 0 Å². The minimum Gasteiger partial charge on any atom is -0.387 e. The number of aromatic nitrogens is 1. The van der Waals surface area contributed by atoms with E-state index in [1.165, 1.54) is 12.3 Å². The fourth-order valence-corrected chi connectivity index (χ4v) is 2.53. The Morgan fingerprint density at radius 1 is 1.32 bits per heavy atom. The minimum absolute atomic E-state index is 0.0628. The lowest BCUT2D eigenvalue weighted by atomic mass is 10.1. The van der Waals surface area contributed by atoms with E-state index >= 15 is 0 Å². The van der Waals surface area contributed by atoms with Crippen LogP contribution in [0, 0.1) is 0 Å². The molecular weight excluding hydrogens is 292 g/mol. The molecule has 1 aliphatic heterocycles. The van der Waals surface area contributed by atoms with E-state index in [0.717, 1.165) is 0 Å². The first kappa shape index (κ1) is 16.6. The van der Waals surface area contributed by atoms with E-state index in [1.54, 1.807) is 17.9 Å². The predicted octanol–water partition coefficient (Wildman–Crippen LogP) is 1.61. The van der Waals surface area contributed by atoms with Gasteiger partial charge in [-0.1, -0.05) is 13.3 Å². The van der Waals surface area contributed by atoms with Gasteiger partial charge < -0.3 is 14.9 Å². The topological polar surface area (TPSA) is 56.7 Å². The third-order valence-corrected chi connectivity index (χ3v) is 3.83. The summed E-state index contributed by atoms with van der Waals surface area (Å²) in [5.74, 6) is -2.50. The van der Waals surface area contributed by atoms with E-state index in [0.29, 0.717) is 38.4 Å². The molecule has 0 spiro atoms. The van der Waals surface area contributed by atoms with Gasteiger partial charge in [-0.15, -0.1) is 0 Å². The van der Waals surface area contributed by atoms with Crippen LogP contribution in [0.2, 0.25) is 0 Å². The first-order valence-electron chi connectivity index (χ1n) is 7.46. The molecule has 2 heterocycles. The number of carbonyl (C=O) groups is 1. The van der Waals surface area contributed by atoms with Crippen molar-refractivity contribution >= 4 is 11.7 Å². The number of aliphatic hydroxyl groups excluding tert-OH is 1. The molecule has 0 atom stereocenters. The summed E-state index contributed by atoms with van der Waals surface area (Å²) in [6.45, 7) is 3.37. The molecule has 0 radical (unpaired) electrons. The van der Waals surface area contributed by atoms with Crippen LogP contribution >= 0.6 is 0 Å². The zero-order valence-electron chi connectivity index (χ0n) is 12.6. The van der Waals surface area contributed by atoms with Gasteiger partial charge >= 0.3 is 0 Å². The molecule has 7 heteroatoms. The van der Waals surface area contributed by atoms with Gasteiger partial charge in [-0.2, -0.15) is 0 Å². The molecule has 1 amide bonds. The second-order valence-corrected chi connectivity index (χ2v) is 5.39. The Bertz CT molecular complexity index is 500. The molecule has 0 saturated carbocycles. The molecule has 22 heavy (non-hydrogen) atoms. The van der Waals surface area contributed by atoms with Crippen molar-refractivity contribution < 1.29 is 18.7 Å². The molecule has 0 aromatic carbocycles. The van der Waals surface area contributed by atoms with Gasteiger partial charge in [-0.25, -0.2) is 13.8 Å². The number of nitrogens with zero attached hydrogens (tertiary/aromatic N) is 3. The van der Waals surface area contributed by atoms with Gasteiger partial charge in [-0.3, -0.25) is 4.79 Å². The standard InChI is InChI=1S/C15H21F2N3O2/c1-2-5-15(16,17)12-3-4-13(18-10-12)19-6-8-20(9-7-19)14(22)11-21/h3-4,10,21H,2,5-9,11H2,1H3. The SMILES string of the molecule is CCCC(F)(F)c1ccc(N2CCN(C(=O)CO)CC2)nc1. The Balaban J connectivity index is 1.99. The van der Waals surface area contributed by atoms with Crippen LogP contribution in [-0.2, 0) is 10.7 Å². The van der Waals surface area contributed by atoms with Crippen LogP contribution in [0.4, 0.5) is 14.6 Å². The third kappa shape index (κ3) is 3.71. The summed E-state index contributed by atoms with van der Waals surface area (Å²) in [4.78, 5) is 19.0. The molecule has 1 aromatic heterocycles. The molecule has 5 nitrogen and oxygen atoms in total. The highest BCUT2D eigenvalue weighted by molar-refractivity contribution is 5.77. The summed E-state index contributed by atoms with van der Waals surface area (Å²) in [5.41, 5.74) is -0.0628. The summed E-state index contributed by atoms with van der Waals surface area (Å²) in [6.07, 6.45) is 1.46. The lowest BCUT2D eigenvalue weighted by Crippen LogP contribution is -2.49. The zero-order chi connectivity index (χ0) is 16.2. The van der Waals surface area contributed by atoms with Gasteiger partial charge in [0.1, 0.15) is 12.4 Å². The molecule has 1 aromatic rings. The number of hydrogen-bond donors (Lipinski definition) is 1. The highest BCUT2D eigenvalue weighted by atomic mass is 19.3. The van der Waals surface area contributed by atoms with E-state index in [-0.39, 0.29) is 17.9 Å². The number of alkyl halides is 2. The molecule has 122 valence electrons. The monoisotopic (exact) mass is 313 g/mol. The lowest BCUT2D eigenvalue weighted by molar-refractivity contribution is -0.134. The van der Waals surface area contributed by atoms with E-state index in [2.05, 4.69) is 4.98 Å². The minimum atomic E-state index is -2.84. The summed E-state index contributed by atoms with van der Waals surface area (Å²) in [7, 11) is 0. The second kappa shape index (κ2) is 7.00. The largest absolute Gasteiger partial charge is 0.387 e. The van der Waals surface area contributed by atoms with Crippen LogP contribution in [0.25, 0.3) is 0 Å². The molecule has 2 rings (SSSR count). The number of aliphatic hydroxyl groups is 1. The fourth-order valence-electron chi connectivity index (χ4n) is 2.53. The lowest BCUT2D eigenvalue weighted by Gasteiger charge is -2.35. The molecule has 1 N–H and O–H groups in total. The van der Waals surface area contributed by atoms with Crippen LogP contribution in [0.1, 0.15) is 25.3 Å². The molecule has 1 fully saturated rings. The maximum Gasteiger partial charge on any atom is 0.274 e. The predicted molar refractivity (Wildman–Crippen MR) is 78.9 cm³/mol. The Morgan fingerprint density at radius 2 is 2.00 bits per heavy atom. The normalized spacial score (nSPS) is 16.0. The number of carbonyl (C=O) groups excluding carboxylic acids is 1. The van der Waals surface area contributed by atoms with E-state index in [1.807, 2.05) is 4.90 Å². The fraction of sp³-hybridized carbons (Fsp3) is 0.600. The third-order valence-electron chi connectivity index (χ3n) is 3.83. The van der Waals surface area contributed by atoms with Gasteiger partial charge in [0.15, 0.2) is 0 Å². The molecular formula is C15H21F2N3O2. The Labute approximate surface area is 128 Å². The van der Waals surface area contributed by atoms with Crippen molar-refractivity contribution in [3.63, 3.8) is 0 Å². The number of pyridine rings is 1. The van der Waals surface area contributed by atoms with Gasteiger partial charge in [-0.05, 0) is 12.1 Å². The maximum absolute atomic E-state index is 13.8. The maximum atomic E-state index is 13.8. The number of piperazine rings is 1.